The fraction of sp³-hybridized carbons (Fsp3) is 0.211. The number of ether oxygens (including phenoxy) is 4. The molecule has 0 fully saturated rings. The summed E-state index contributed by atoms with van der Waals surface area (Å²) >= 11 is 0. The van der Waals surface area contributed by atoms with Crippen LogP contribution in [0.25, 0.3) is 6.08 Å². The van der Waals surface area contributed by atoms with Gasteiger partial charge in [-0.25, -0.2) is 0 Å². The molecule has 1 heterocycles. The summed E-state index contributed by atoms with van der Waals surface area (Å²) in [5, 5.41) is 9.78. The molecule has 0 radical (unpaired) electrons. The fourth-order valence-electron chi connectivity index (χ4n) is 2.71. The highest BCUT2D eigenvalue weighted by atomic mass is 16.5. The average molecular weight is 342 g/mol. The predicted octanol–water partition coefficient (Wildman–Crippen LogP) is 3.34. The van der Waals surface area contributed by atoms with Gasteiger partial charge in [0.05, 0.1) is 26.9 Å². The van der Waals surface area contributed by atoms with E-state index in [1.54, 1.807) is 31.2 Å². The molecule has 6 heteroatoms. The molecule has 0 unspecified atom stereocenters. The highest BCUT2D eigenvalue weighted by Crippen LogP contribution is 2.41. The Morgan fingerprint density at radius 3 is 2.24 bits per heavy atom. The summed E-state index contributed by atoms with van der Waals surface area (Å²) < 4.78 is 21.6. The molecule has 0 saturated carbocycles. The maximum atomic E-state index is 12.5. The molecule has 2 aromatic carbocycles. The normalized spacial score (nSPS) is 14.2. The molecule has 0 aromatic heterocycles. The Balaban J connectivity index is 2.05. The first-order chi connectivity index (χ1) is 12.0. The van der Waals surface area contributed by atoms with Gasteiger partial charge in [0, 0.05) is 5.56 Å². The molecule has 0 aliphatic carbocycles. The first-order valence-electron chi connectivity index (χ1n) is 7.57. The first kappa shape index (κ1) is 16.7. The molecule has 1 aliphatic heterocycles. The second-order valence-electron chi connectivity index (χ2n) is 5.48. The number of carbonyl (C=O) groups excluding carboxylic acids is 1. The zero-order chi connectivity index (χ0) is 18.1. The zero-order valence-corrected chi connectivity index (χ0v) is 14.4. The molecule has 0 atom stereocenters. The third kappa shape index (κ3) is 2.76. The summed E-state index contributed by atoms with van der Waals surface area (Å²) in [6, 6.07) is 6.48. The Bertz CT molecular complexity index is 857. The van der Waals surface area contributed by atoms with Crippen LogP contribution in [0.5, 0.6) is 28.7 Å². The largest absolute Gasteiger partial charge is 0.508 e. The van der Waals surface area contributed by atoms with Crippen LogP contribution in [0.2, 0.25) is 0 Å². The number of carbonyl (C=O) groups is 1. The van der Waals surface area contributed by atoms with Crippen LogP contribution >= 0.6 is 0 Å². The number of phenols is 1. The van der Waals surface area contributed by atoms with Gasteiger partial charge in [0.2, 0.25) is 11.5 Å². The average Bonchev–Trinajstić information content (AvgIpc) is 2.93. The van der Waals surface area contributed by atoms with Crippen molar-refractivity contribution < 1.29 is 28.8 Å². The SMILES string of the molecule is COc1cc(C=C2Oc3c(ccc(O)c3C)C2=O)cc(OC)c1OC. The van der Waals surface area contributed by atoms with Crippen molar-refractivity contribution in [2.24, 2.45) is 0 Å². The molecular weight excluding hydrogens is 324 g/mol. The zero-order valence-electron chi connectivity index (χ0n) is 14.4. The van der Waals surface area contributed by atoms with E-state index in [4.69, 9.17) is 18.9 Å². The van der Waals surface area contributed by atoms with Crippen molar-refractivity contribution in [3.8, 4) is 28.7 Å². The Morgan fingerprint density at radius 2 is 1.68 bits per heavy atom. The van der Waals surface area contributed by atoms with Crippen LogP contribution in [-0.4, -0.2) is 32.2 Å². The summed E-state index contributed by atoms with van der Waals surface area (Å²) in [6.45, 7) is 1.70. The van der Waals surface area contributed by atoms with E-state index in [0.717, 1.165) is 0 Å². The Labute approximate surface area is 145 Å². The first-order valence-corrected chi connectivity index (χ1v) is 7.57. The minimum absolute atomic E-state index is 0.0839. The molecule has 3 rings (SSSR count). The van der Waals surface area contributed by atoms with Crippen molar-refractivity contribution in [2.75, 3.05) is 21.3 Å². The number of aromatic hydroxyl groups is 1. The van der Waals surface area contributed by atoms with Crippen molar-refractivity contribution in [1.82, 2.24) is 0 Å². The van der Waals surface area contributed by atoms with E-state index < -0.39 is 0 Å². The van der Waals surface area contributed by atoms with Gasteiger partial charge in [-0.2, -0.15) is 0 Å². The lowest BCUT2D eigenvalue weighted by atomic mass is 10.1. The van der Waals surface area contributed by atoms with E-state index in [1.165, 1.54) is 27.4 Å². The number of benzene rings is 2. The minimum Gasteiger partial charge on any atom is -0.508 e. The number of phenolic OH excluding ortho intramolecular Hbond substituents is 1. The highest BCUT2D eigenvalue weighted by Gasteiger charge is 2.30. The molecule has 0 amide bonds. The Kier molecular flexibility index (Phi) is 4.27. The Morgan fingerprint density at radius 1 is 1.04 bits per heavy atom. The van der Waals surface area contributed by atoms with Gasteiger partial charge in [0.1, 0.15) is 11.5 Å². The second kappa shape index (κ2) is 6.39. The van der Waals surface area contributed by atoms with Gasteiger partial charge in [0.25, 0.3) is 0 Å². The van der Waals surface area contributed by atoms with Gasteiger partial charge in [-0.05, 0) is 42.8 Å². The molecule has 0 bridgehead atoms. The van der Waals surface area contributed by atoms with Crippen molar-refractivity contribution in [3.63, 3.8) is 0 Å². The monoisotopic (exact) mass is 342 g/mol. The molecule has 1 N–H and O–H groups in total. The quantitative estimate of drug-likeness (QED) is 0.859. The van der Waals surface area contributed by atoms with Gasteiger partial charge in [-0.15, -0.1) is 0 Å². The number of fused-ring (bicyclic) bond motifs is 1. The van der Waals surface area contributed by atoms with Gasteiger partial charge in [0.15, 0.2) is 17.3 Å². The maximum absolute atomic E-state index is 12.5. The van der Waals surface area contributed by atoms with Crippen LogP contribution in [0, 0.1) is 6.92 Å². The van der Waals surface area contributed by atoms with Gasteiger partial charge in [-0.1, -0.05) is 0 Å². The Hall–Kier alpha value is -3.15. The minimum atomic E-state index is -0.244. The van der Waals surface area contributed by atoms with Gasteiger partial charge < -0.3 is 24.1 Å². The lowest BCUT2D eigenvalue weighted by molar-refractivity contribution is 0.101. The van der Waals surface area contributed by atoms with Gasteiger partial charge >= 0.3 is 0 Å². The number of hydrogen-bond donors (Lipinski definition) is 1. The van der Waals surface area contributed by atoms with Crippen LogP contribution in [0.4, 0.5) is 0 Å². The third-order valence-corrected chi connectivity index (χ3v) is 4.04. The van der Waals surface area contributed by atoms with E-state index in [0.29, 0.717) is 39.7 Å². The molecule has 1 aliphatic rings. The summed E-state index contributed by atoms with van der Waals surface area (Å²) in [7, 11) is 4.56. The van der Waals surface area contributed by atoms with E-state index in [1.807, 2.05) is 0 Å². The molecular formula is C19H18O6. The topological polar surface area (TPSA) is 74.2 Å². The number of ketones is 1. The molecule has 0 spiro atoms. The molecule has 25 heavy (non-hydrogen) atoms. The van der Waals surface area contributed by atoms with Gasteiger partial charge in [-0.3, -0.25) is 4.79 Å². The fourth-order valence-corrected chi connectivity index (χ4v) is 2.71. The summed E-state index contributed by atoms with van der Waals surface area (Å²) in [4.78, 5) is 12.5. The summed E-state index contributed by atoms with van der Waals surface area (Å²) in [5.74, 6) is 1.81. The second-order valence-corrected chi connectivity index (χ2v) is 5.48. The number of methoxy groups -OCH3 is 3. The standard InChI is InChI=1S/C19H18O6/c1-10-13(20)6-5-12-17(21)14(25-18(10)12)7-11-8-15(22-2)19(24-4)16(9-11)23-3/h5-9,20H,1-4H3. The summed E-state index contributed by atoms with van der Waals surface area (Å²) in [6.07, 6.45) is 1.60. The van der Waals surface area contributed by atoms with Crippen molar-refractivity contribution in [3.05, 3.63) is 46.7 Å². The number of rotatable bonds is 4. The lowest BCUT2D eigenvalue weighted by Gasteiger charge is -2.13. The maximum Gasteiger partial charge on any atom is 0.231 e. The predicted molar refractivity (Wildman–Crippen MR) is 91.9 cm³/mol. The molecule has 130 valence electrons. The van der Waals surface area contributed by atoms with Crippen LogP contribution in [-0.2, 0) is 0 Å². The van der Waals surface area contributed by atoms with E-state index in [2.05, 4.69) is 0 Å². The van der Waals surface area contributed by atoms with E-state index in [-0.39, 0.29) is 17.3 Å². The summed E-state index contributed by atoms with van der Waals surface area (Å²) in [5.41, 5.74) is 1.61. The molecule has 2 aromatic rings. The van der Waals surface area contributed by atoms with Crippen molar-refractivity contribution in [2.45, 2.75) is 6.92 Å². The number of allylic oxidation sites excluding steroid dienone is 1. The molecule has 6 nitrogen and oxygen atoms in total. The third-order valence-electron chi connectivity index (χ3n) is 4.04. The van der Waals surface area contributed by atoms with Crippen LogP contribution in [0.15, 0.2) is 30.0 Å². The van der Waals surface area contributed by atoms with E-state index in [9.17, 15) is 9.90 Å². The van der Waals surface area contributed by atoms with E-state index >= 15 is 0 Å². The van der Waals surface area contributed by atoms with Crippen LogP contribution in [0.3, 0.4) is 0 Å². The van der Waals surface area contributed by atoms with Crippen molar-refractivity contribution >= 4 is 11.9 Å². The number of hydrogen-bond acceptors (Lipinski definition) is 6. The lowest BCUT2D eigenvalue weighted by Crippen LogP contribution is -1.99. The van der Waals surface area contributed by atoms with Crippen LogP contribution in [0.1, 0.15) is 21.5 Å². The van der Waals surface area contributed by atoms with Crippen LogP contribution < -0.4 is 18.9 Å². The highest BCUT2D eigenvalue weighted by molar-refractivity contribution is 6.15. The smallest absolute Gasteiger partial charge is 0.231 e. The number of Topliss-reactive ketones (excluding diaryl/α,β-unsaturated/α-hetero) is 1. The molecule has 0 saturated heterocycles. The van der Waals surface area contributed by atoms with Crippen molar-refractivity contribution in [1.29, 1.82) is 0 Å².